The first-order chi connectivity index (χ1) is 20.2. The van der Waals surface area contributed by atoms with Crippen molar-refractivity contribution < 1.29 is 28.2 Å². The number of carboxylic acids is 1. The molecule has 2 aliphatic heterocycles. The molecule has 11 heteroatoms. The lowest BCUT2D eigenvalue weighted by atomic mass is 9.88. The van der Waals surface area contributed by atoms with Gasteiger partial charge in [0.25, 0.3) is 5.79 Å². The van der Waals surface area contributed by atoms with Crippen molar-refractivity contribution >= 4 is 23.6 Å². The number of aromatic nitrogens is 3. The van der Waals surface area contributed by atoms with Gasteiger partial charge in [-0.1, -0.05) is 23.7 Å². The van der Waals surface area contributed by atoms with E-state index in [9.17, 15) is 9.18 Å². The zero-order valence-electron chi connectivity index (χ0n) is 23.2. The fourth-order valence-electron chi connectivity index (χ4n) is 5.70. The van der Waals surface area contributed by atoms with Gasteiger partial charge < -0.3 is 23.6 Å². The number of carboxylic acid groups (broad SMARTS) is 1. The molecule has 1 saturated heterocycles. The molecule has 2 aromatic heterocycles. The van der Waals surface area contributed by atoms with Crippen molar-refractivity contribution in [2.24, 2.45) is 0 Å². The van der Waals surface area contributed by atoms with Gasteiger partial charge in [0.15, 0.2) is 17.4 Å². The molecule has 218 valence electrons. The summed E-state index contributed by atoms with van der Waals surface area (Å²) in [6.07, 6.45) is 7.77. The van der Waals surface area contributed by atoms with Gasteiger partial charge in [-0.15, -0.1) is 0 Å². The highest BCUT2D eigenvalue weighted by atomic mass is 35.5. The highest BCUT2D eigenvalue weighted by Crippen LogP contribution is 2.49. The van der Waals surface area contributed by atoms with Crippen molar-refractivity contribution in [1.82, 2.24) is 19.4 Å². The van der Waals surface area contributed by atoms with Crippen LogP contribution in [-0.2, 0) is 23.7 Å². The minimum atomic E-state index is -1.29. The second-order valence-corrected chi connectivity index (χ2v) is 11.1. The fraction of sp³-hybridized carbons (Fsp3) is 0.323. The van der Waals surface area contributed by atoms with Gasteiger partial charge in [-0.2, -0.15) is 0 Å². The Bertz CT molecular complexity index is 1660. The smallest absolute Gasteiger partial charge is 0.328 e. The highest BCUT2D eigenvalue weighted by molar-refractivity contribution is 6.30. The monoisotopic (exact) mass is 592 g/mol. The molecule has 0 saturated carbocycles. The average Bonchev–Trinajstić information content (AvgIpc) is 3.64. The molecule has 0 bridgehead atoms. The van der Waals surface area contributed by atoms with Crippen molar-refractivity contribution in [3.05, 3.63) is 100 Å². The molecule has 42 heavy (non-hydrogen) atoms. The Hall–Kier alpha value is -4.15. The minimum absolute atomic E-state index is 0.239. The molecule has 9 nitrogen and oxygen atoms in total. The largest absolute Gasteiger partial charge is 0.478 e. The number of likely N-dealkylation sites (tertiary alicyclic amines) is 1. The molecule has 4 heterocycles. The van der Waals surface area contributed by atoms with Crippen molar-refractivity contribution in [1.29, 1.82) is 0 Å². The van der Waals surface area contributed by atoms with Crippen molar-refractivity contribution in [2.45, 2.75) is 51.5 Å². The van der Waals surface area contributed by atoms with Gasteiger partial charge >= 0.3 is 5.97 Å². The van der Waals surface area contributed by atoms with Crippen LogP contribution in [0.3, 0.4) is 0 Å². The van der Waals surface area contributed by atoms with Gasteiger partial charge in [0.2, 0.25) is 0 Å². The third kappa shape index (κ3) is 5.64. The Balaban J connectivity index is 1.16. The zero-order valence-corrected chi connectivity index (χ0v) is 24.0. The molecule has 1 N–H and O–H groups in total. The summed E-state index contributed by atoms with van der Waals surface area (Å²) in [7, 11) is 0. The second-order valence-electron chi connectivity index (χ2n) is 10.7. The number of rotatable bonds is 8. The number of halogens is 2. The van der Waals surface area contributed by atoms with Gasteiger partial charge in [0, 0.05) is 30.5 Å². The predicted octanol–water partition coefficient (Wildman–Crippen LogP) is 6.14. The SMILES string of the molecule is Cc1ncc(Cn2c(/C=C/C(=O)O)cnc2CN2CCC(c3cccc4c3OC(C)(c3ccc(Cl)cc3F)O4)CC2)o1. The number of hydrogen-bond donors (Lipinski definition) is 1. The number of para-hydroxylation sites is 1. The van der Waals surface area contributed by atoms with Gasteiger partial charge in [-0.25, -0.2) is 19.2 Å². The second kappa shape index (κ2) is 11.3. The van der Waals surface area contributed by atoms with Crippen LogP contribution in [0.4, 0.5) is 4.39 Å². The molecular formula is C31H30ClFN4O5. The van der Waals surface area contributed by atoms with Crippen LogP contribution < -0.4 is 9.47 Å². The molecule has 4 aromatic rings. The zero-order chi connectivity index (χ0) is 29.4. The standard InChI is InChI=1S/C31H30ClFN4O5/c1-19-34-16-23(40-19)17-37-22(7-9-29(38)39)15-35-28(37)18-36-12-10-20(11-13-36)24-4-3-5-27-30(24)42-31(2,41-27)25-8-6-21(32)14-26(25)33/h3-9,14-16,20H,10-13,17-18H2,1-2H3,(H,38,39)/b9-7+. The van der Waals surface area contributed by atoms with E-state index in [0.717, 1.165) is 43.4 Å². The number of fused-ring (bicyclic) bond motifs is 1. The topological polar surface area (TPSA) is 103 Å². The minimum Gasteiger partial charge on any atom is -0.478 e. The molecule has 2 aliphatic rings. The number of nitrogens with zero attached hydrogens (tertiary/aromatic N) is 4. The van der Waals surface area contributed by atoms with E-state index in [0.29, 0.717) is 47.0 Å². The number of imidazole rings is 1. The molecule has 6 rings (SSSR count). The number of benzene rings is 2. The average molecular weight is 593 g/mol. The summed E-state index contributed by atoms with van der Waals surface area (Å²) in [5.41, 5.74) is 2.01. The molecule has 1 unspecified atom stereocenters. The Morgan fingerprint density at radius 2 is 1.98 bits per heavy atom. The third-order valence-electron chi connectivity index (χ3n) is 7.77. The van der Waals surface area contributed by atoms with E-state index in [1.807, 2.05) is 16.7 Å². The van der Waals surface area contributed by atoms with Crippen molar-refractivity contribution in [3.8, 4) is 11.5 Å². The van der Waals surface area contributed by atoms with Gasteiger partial charge in [0.1, 0.15) is 17.4 Å². The number of oxazole rings is 1. The summed E-state index contributed by atoms with van der Waals surface area (Å²) in [5, 5.41) is 9.43. The van der Waals surface area contributed by atoms with E-state index in [2.05, 4.69) is 20.9 Å². The first-order valence-electron chi connectivity index (χ1n) is 13.7. The van der Waals surface area contributed by atoms with Crippen LogP contribution in [0.15, 0.2) is 59.3 Å². The molecule has 2 aromatic carbocycles. The summed E-state index contributed by atoms with van der Waals surface area (Å²) < 4.78 is 34.9. The number of hydrogen-bond acceptors (Lipinski definition) is 7. The number of piperidine rings is 1. The number of aliphatic carboxylic acids is 1. The van der Waals surface area contributed by atoms with E-state index in [4.69, 9.17) is 30.6 Å². The highest BCUT2D eigenvalue weighted by Gasteiger charge is 2.43. The summed E-state index contributed by atoms with van der Waals surface area (Å²) in [6.45, 7) is 6.14. The Labute approximate surface area is 247 Å². The lowest BCUT2D eigenvalue weighted by Crippen LogP contribution is -2.34. The van der Waals surface area contributed by atoms with E-state index in [-0.39, 0.29) is 11.5 Å². The Morgan fingerprint density at radius 3 is 2.69 bits per heavy atom. The third-order valence-corrected chi connectivity index (χ3v) is 8.01. The lowest BCUT2D eigenvalue weighted by Gasteiger charge is -2.32. The predicted molar refractivity (Wildman–Crippen MR) is 153 cm³/mol. The lowest BCUT2D eigenvalue weighted by molar-refractivity contribution is -0.131. The van der Waals surface area contributed by atoms with E-state index in [1.54, 1.807) is 38.4 Å². The summed E-state index contributed by atoms with van der Waals surface area (Å²) >= 11 is 5.96. The Kier molecular flexibility index (Phi) is 7.51. The number of ether oxygens (including phenoxy) is 2. The molecule has 0 radical (unpaired) electrons. The van der Waals surface area contributed by atoms with Gasteiger partial charge in [0.05, 0.1) is 36.7 Å². The summed E-state index contributed by atoms with van der Waals surface area (Å²) in [5.74, 6) is 0.735. The fourth-order valence-corrected chi connectivity index (χ4v) is 5.86. The van der Waals surface area contributed by atoms with Crippen LogP contribution in [0.2, 0.25) is 5.02 Å². The maximum absolute atomic E-state index is 14.8. The molecule has 0 amide bonds. The van der Waals surface area contributed by atoms with Crippen LogP contribution in [0.25, 0.3) is 6.08 Å². The van der Waals surface area contributed by atoms with Crippen LogP contribution in [0.1, 0.15) is 60.0 Å². The van der Waals surface area contributed by atoms with Crippen LogP contribution >= 0.6 is 11.6 Å². The summed E-state index contributed by atoms with van der Waals surface area (Å²) in [6, 6.07) is 10.3. The van der Waals surface area contributed by atoms with Crippen LogP contribution in [-0.4, -0.2) is 43.6 Å². The molecule has 0 spiro atoms. The van der Waals surface area contributed by atoms with Gasteiger partial charge in [-0.3, -0.25) is 4.90 Å². The molecule has 1 atom stereocenters. The van der Waals surface area contributed by atoms with Gasteiger partial charge in [-0.05, 0) is 62.2 Å². The summed E-state index contributed by atoms with van der Waals surface area (Å²) in [4.78, 5) is 22.3. The molecular weight excluding hydrogens is 563 g/mol. The Morgan fingerprint density at radius 1 is 1.17 bits per heavy atom. The number of carbonyl (C=O) groups is 1. The number of aryl methyl sites for hydroxylation is 1. The first-order valence-corrected chi connectivity index (χ1v) is 14.1. The van der Waals surface area contributed by atoms with Crippen LogP contribution in [0, 0.1) is 12.7 Å². The van der Waals surface area contributed by atoms with E-state index < -0.39 is 17.6 Å². The quantitative estimate of drug-likeness (QED) is 0.243. The maximum atomic E-state index is 14.8. The molecule has 0 aliphatic carbocycles. The first kappa shape index (κ1) is 28.0. The normalized spacial score (nSPS) is 19.1. The molecule has 1 fully saturated rings. The van der Waals surface area contributed by atoms with Crippen LogP contribution in [0.5, 0.6) is 11.5 Å². The van der Waals surface area contributed by atoms with Crippen molar-refractivity contribution in [3.63, 3.8) is 0 Å². The van der Waals surface area contributed by atoms with E-state index >= 15 is 0 Å². The van der Waals surface area contributed by atoms with Crippen molar-refractivity contribution in [2.75, 3.05) is 13.1 Å². The van der Waals surface area contributed by atoms with E-state index in [1.165, 1.54) is 12.1 Å². The maximum Gasteiger partial charge on any atom is 0.328 e.